The van der Waals surface area contributed by atoms with E-state index >= 15 is 0 Å². The third-order valence-corrected chi connectivity index (χ3v) is 7.95. The number of rotatable bonds is 6. The number of aliphatic hydroxyl groups is 1. The Morgan fingerprint density at radius 1 is 1.29 bits per heavy atom. The molecule has 2 atom stereocenters. The molecular weight excluding hydrogens is 418 g/mol. The molecule has 6 nitrogen and oxygen atoms in total. The summed E-state index contributed by atoms with van der Waals surface area (Å²) in [5.74, 6) is 0. The molecule has 3 rings (SSSR count). The summed E-state index contributed by atoms with van der Waals surface area (Å²) in [4.78, 5) is 1.52. The van der Waals surface area contributed by atoms with Crippen molar-refractivity contribution in [2.75, 3.05) is 13.6 Å². The average Bonchev–Trinajstić information content (AvgIpc) is 2.86. The van der Waals surface area contributed by atoms with Gasteiger partial charge in [-0.3, -0.25) is 10.3 Å². The highest BCUT2D eigenvalue weighted by atomic mass is 35.5. The predicted molar refractivity (Wildman–Crippen MR) is 113 cm³/mol. The Balaban J connectivity index is 1.85. The molecule has 0 saturated carbocycles. The third kappa shape index (κ3) is 3.98. The Hall–Kier alpha value is -1.42. The molecule has 2 aromatic rings. The van der Waals surface area contributed by atoms with Crippen molar-refractivity contribution in [2.24, 2.45) is 0 Å². The van der Waals surface area contributed by atoms with Crippen molar-refractivity contribution < 1.29 is 13.5 Å². The number of halogens is 1. The number of hydrogen-bond donors (Lipinski definition) is 3. The van der Waals surface area contributed by atoms with E-state index in [-0.39, 0.29) is 26.9 Å². The average molecular weight is 440 g/mol. The summed E-state index contributed by atoms with van der Waals surface area (Å²) < 4.78 is 28.1. The van der Waals surface area contributed by atoms with Crippen molar-refractivity contribution in [1.29, 1.82) is 5.41 Å². The second kappa shape index (κ2) is 8.14. The lowest BCUT2D eigenvalue weighted by Crippen LogP contribution is -2.45. The first-order chi connectivity index (χ1) is 13.2. The Bertz CT molecular complexity index is 985. The molecule has 0 aromatic heterocycles. The van der Waals surface area contributed by atoms with Gasteiger partial charge >= 0.3 is 0 Å². The normalized spacial score (nSPS) is 23.3. The van der Waals surface area contributed by atoms with Crippen LogP contribution in [0.25, 0.3) is 0 Å². The smallest absolute Gasteiger partial charge is 0.242 e. The van der Waals surface area contributed by atoms with Gasteiger partial charge in [0.1, 0.15) is 9.94 Å². The van der Waals surface area contributed by atoms with Gasteiger partial charge in [-0.1, -0.05) is 59.8 Å². The van der Waals surface area contributed by atoms with E-state index in [0.29, 0.717) is 12.0 Å². The summed E-state index contributed by atoms with van der Waals surface area (Å²) >= 11 is 7.38. The zero-order chi connectivity index (χ0) is 20.5. The van der Waals surface area contributed by atoms with E-state index < -0.39 is 15.7 Å². The molecule has 1 aliphatic rings. The van der Waals surface area contributed by atoms with Gasteiger partial charge in [0.2, 0.25) is 10.0 Å². The summed E-state index contributed by atoms with van der Waals surface area (Å²) in [5.41, 5.74) is -0.362. The quantitative estimate of drug-likeness (QED) is 0.643. The Kier molecular flexibility index (Phi) is 6.19. The van der Waals surface area contributed by atoms with Gasteiger partial charge in [-0.25, -0.2) is 13.1 Å². The predicted octanol–water partition coefficient (Wildman–Crippen LogP) is 3.01. The molecular formula is C19H22ClN3O3S2. The van der Waals surface area contributed by atoms with Gasteiger partial charge < -0.3 is 5.11 Å². The lowest BCUT2D eigenvalue weighted by molar-refractivity contribution is -0.0348. The molecule has 0 spiro atoms. The Labute approximate surface area is 174 Å². The molecule has 2 aromatic carbocycles. The molecule has 28 heavy (non-hydrogen) atoms. The van der Waals surface area contributed by atoms with E-state index in [0.717, 1.165) is 5.56 Å². The minimum atomic E-state index is -3.88. The molecule has 1 fully saturated rings. The number of nitrogens with one attached hydrogen (secondary N) is 2. The molecule has 1 aliphatic heterocycles. The monoisotopic (exact) mass is 439 g/mol. The molecule has 1 heterocycles. The van der Waals surface area contributed by atoms with Gasteiger partial charge in [-0.05, 0) is 38.1 Å². The fourth-order valence-corrected chi connectivity index (χ4v) is 5.70. The van der Waals surface area contributed by atoms with Crippen LogP contribution in [0.15, 0.2) is 53.4 Å². The van der Waals surface area contributed by atoms with Crippen molar-refractivity contribution in [3.63, 3.8) is 0 Å². The van der Waals surface area contributed by atoms with Gasteiger partial charge in [0.25, 0.3) is 0 Å². The maximum absolute atomic E-state index is 12.8. The van der Waals surface area contributed by atoms with Crippen LogP contribution in [-0.2, 0) is 22.2 Å². The molecule has 3 N–H and O–H groups in total. The highest BCUT2D eigenvalue weighted by Gasteiger charge is 2.48. The minimum Gasteiger partial charge on any atom is -0.366 e. The molecule has 0 amide bonds. The minimum absolute atomic E-state index is 0.0465. The van der Waals surface area contributed by atoms with E-state index in [1.54, 1.807) is 18.0 Å². The zero-order valence-corrected chi connectivity index (χ0v) is 17.9. The second-order valence-corrected chi connectivity index (χ2v) is 10.1. The Morgan fingerprint density at radius 2 is 1.96 bits per heavy atom. The van der Waals surface area contributed by atoms with Gasteiger partial charge in [-0.2, -0.15) is 0 Å². The number of benzene rings is 2. The van der Waals surface area contributed by atoms with Crippen molar-refractivity contribution in [2.45, 2.75) is 29.3 Å². The first kappa shape index (κ1) is 21.3. The summed E-state index contributed by atoms with van der Waals surface area (Å²) in [6.45, 7) is 2.09. The number of hydrogen-bond acceptors (Lipinski definition) is 6. The molecule has 9 heteroatoms. The van der Waals surface area contributed by atoms with Crippen LogP contribution in [0.4, 0.5) is 0 Å². The molecule has 0 bridgehead atoms. The van der Waals surface area contributed by atoms with Crippen LogP contribution in [-0.4, -0.2) is 42.4 Å². The molecule has 2 unspecified atom stereocenters. The summed E-state index contributed by atoms with van der Waals surface area (Å²) in [7, 11) is -2.18. The van der Waals surface area contributed by atoms with Crippen LogP contribution in [0.2, 0.25) is 5.02 Å². The Morgan fingerprint density at radius 3 is 2.57 bits per heavy atom. The van der Waals surface area contributed by atoms with Crippen molar-refractivity contribution in [3.05, 3.63) is 64.7 Å². The highest BCUT2D eigenvalue weighted by molar-refractivity contribution is 8.14. The molecule has 0 radical (unpaired) electrons. The first-order valence-corrected chi connectivity index (χ1v) is 11.4. The number of nitrogens with zero attached hydrogens (tertiary/aromatic N) is 1. The summed E-state index contributed by atoms with van der Waals surface area (Å²) in [6.07, 6.45) is 0.544. The van der Waals surface area contributed by atoms with Crippen LogP contribution in [0.1, 0.15) is 18.1 Å². The maximum atomic E-state index is 12.8. The topological polar surface area (TPSA) is 93.5 Å². The lowest BCUT2D eigenvalue weighted by atomic mass is 10.0. The van der Waals surface area contributed by atoms with E-state index in [2.05, 4.69) is 4.72 Å². The third-order valence-electron chi connectivity index (χ3n) is 4.83. The maximum Gasteiger partial charge on any atom is 0.242 e. The lowest BCUT2D eigenvalue weighted by Gasteiger charge is -2.32. The van der Waals surface area contributed by atoms with E-state index in [9.17, 15) is 13.5 Å². The summed E-state index contributed by atoms with van der Waals surface area (Å²) in [5, 5.41) is 19.3. The number of thioether (sulfide) groups is 1. The van der Waals surface area contributed by atoms with Crippen LogP contribution in [0.3, 0.4) is 0 Å². The largest absolute Gasteiger partial charge is 0.366 e. The summed E-state index contributed by atoms with van der Waals surface area (Å²) in [6, 6.07) is 13.9. The van der Waals surface area contributed by atoms with Crippen LogP contribution in [0, 0.1) is 5.41 Å². The molecule has 150 valence electrons. The zero-order valence-electron chi connectivity index (χ0n) is 15.5. The van der Waals surface area contributed by atoms with Gasteiger partial charge in [0, 0.05) is 12.1 Å². The van der Waals surface area contributed by atoms with Gasteiger partial charge in [-0.15, -0.1) is 0 Å². The van der Waals surface area contributed by atoms with Crippen molar-refractivity contribution in [1.82, 2.24) is 9.62 Å². The van der Waals surface area contributed by atoms with Gasteiger partial charge in [0.05, 0.1) is 10.4 Å². The fourth-order valence-electron chi connectivity index (χ4n) is 3.07. The number of sulfonamides is 1. The van der Waals surface area contributed by atoms with Crippen molar-refractivity contribution >= 4 is 38.4 Å². The fraction of sp³-hybridized carbons (Fsp3) is 0.316. The van der Waals surface area contributed by atoms with E-state index in [1.165, 1.54) is 23.9 Å². The molecule has 1 saturated heterocycles. The highest BCUT2D eigenvalue weighted by Crippen LogP contribution is 2.43. The van der Waals surface area contributed by atoms with Gasteiger partial charge in [0.15, 0.2) is 5.72 Å². The van der Waals surface area contributed by atoms with Crippen LogP contribution < -0.4 is 4.72 Å². The van der Waals surface area contributed by atoms with E-state index in [4.69, 9.17) is 17.0 Å². The first-order valence-electron chi connectivity index (χ1n) is 8.71. The van der Waals surface area contributed by atoms with Crippen LogP contribution in [0.5, 0.6) is 0 Å². The molecule has 0 aliphatic carbocycles. The van der Waals surface area contributed by atoms with E-state index in [1.807, 2.05) is 37.3 Å². The SMILES string of the molecule is CC1SC(=N)C(O)(c2ccc(Cl)c(S(=O)(=O)NCCc3ccccc3)c2)N1C. The van der Waals surface area contributed by atoms with Crippen molar-refractivity contribution in [3.8, 4) is 0 Å². The van der Waals surface area contributed by atoms with Crippen LogP contribution >= 0.6 is 23.4 Å². The standard InChI is InChI=1S/C19H22ClN3O3S2/c1-13-23(2)19(24,18(21)27-13)15-8-9-16(20)17(12-15)28(25,26)22-11-10-14-6-4-3-5-7-14/h3-9,12-13,21-22,24H,10-11H2,1-2H3. The second-order valence-electron chi connectivity index (χ2n) is 6.61.